The van der Waals surface area contributed by atoms with E-state index in [2.05, 4.69) is 16.3 Å². The molecule has 4 rings (SSSR count). The third-order valence-corrected chi connectivity index (χ3v) is 4.65. The summed E-state index contributed by atoms with van der Waals surface area (Å²) in [5, 5.41) is 13.4. The van der Waals surface area contributed by atoms with Crippen molar-refractivity contribution in [1.29, 1.82) is 0 Å². The standard InChI is InChI=1S/C15H20N2O3/c18-14-16-12-3-1-2-4-13(12)17(14)11-5-7-15(8-6-11)19-9-10-20-15/h1-4,11,14,16,18H,5-10H2. The summed E-state index contributed by atoms with van der Waals surface area (Å²) in [6.45, 7) is 1.42. The van der Waals surface area contributed by atoms with E-state index in [0.29, 0.717) is 19.3 Å². The van der Waals surface area contributed by atoms with Crippen molar-refractivity contribution in [2.24, 2.45) is 0 Å². The van der Waals surface area contributed by atoms with Crippen molar-refractivity contribution in [3.05, 3.63) is 24.3 Å². The first-order chi connectivity index (χ1) is 9.77. The molecule has 2 heterocycles. The number of para-hydroxylation sites is 2. The number of hydrogen-bond acceptors (Lipinski definition) is 5. The molecule has 1 aromatic rings. The zero-order chi connectivity index (χ0) is 13.6. The monoisotopic (exact) mass is 276 g/mol. The number of rotatable bonds is 1. The maximum atomic E-state index is 10.3. The fourth-order valence-electron chi connectivity index (χ4n) is 3.66. The van der Waals surface area contributed by atoms with Gasteiger partial charge in [-0.1, -0.05) is 12.1 Å². The lowest BCUT2D eigenvalue weighted by atomic mass is 9.89. The molecule has 1 saturated heterocycles. The van der Waals surface area contributed by atoms with Crippen LogP contribution in [0.15, 0.2) is 24.3 Å². The summed E-state index contributed by atoms with van der Waals surface area (Å²) in [6, 6.07) is 8.40. The van der Waals surface area contributed by atoms with Gasteiger partial charge in [0.25, 0.3) is 0 Å². The molecule has 0 radical (unpaired) electrons. The van der Waals surface area contributed by atoms with E-state index in [9.17, 15) is 5.11 Å². The number of nitrogens with zero attached hydrogens (tertiary/aromatic N) is 1. The van der Waals surface area contributed by atoms with Crippen molar-refractivity contribution >= 4 is 11.4 Å². The Kier molecular flexibility index (Phi) is 2.87. The van der Waals surface area contributed by atoms with E-state index in [1.54, 1.807) is 0 Å². The third-order valence-electron chi connectivity index (χ3n) is 4.65. The van der Waals surface area contributed by atoms with Crippen LogP contribution in [0.1, 0.15) is 25.7 Å². The summed E-state index contributed by atoms with van der Waals surface area (Å²) >= 11 is 0. The highest BCUT2D eigenvalue weighted by Crippen LogP contribution is 2.42. The molecule has 1 atom stereocenters. The number of benzene rings is 1. The van der Waals surface area contributed by atoms with Crippen LogP contribution in [-0.4, -0.2) is 36.5 Å². The molecule has 2 N–H and O–H groups in total. The number of fused-ring (bicyclic) bond motifs is 1. The van der Waals surface area contributed by atoms with E-state index in [1.165, 1.54) is 0 Å². The van der Waals surface area contributed by atoms with E-state index >= 15 is 0 Å². The predicted molar refractivity (Wildman–Crippen MR) is 75.4 cm³/mol. The first-order valence-electron chi connectivity index (χ1n) is 7.37. The van der Waals surface area contributed by atoms with Crippen LogP contribution in [0.4, 0.5) is 11.4 Å². The van der Waals surface area contributed by atoms with Crippen LogP contribution >= 0.6 is 0 Å². The summed E-state index contributed by atoms with van der Waals surface area (Å²) in [5.41, 5.74) is 2.10. The highest BCUT2D eigenvalue weighted by atomic mass is 16.7. The quantitative estimate of drug-likeness (QED) is 0.820. The zero-order valence-corrected chi connectivity index (χ0v) is 11.4. The van der Waals surface area contributed by atoms with Gasteiger partial charge in [0, 0.05) is 18.9 Å². The summed E-state index contributed by atoms with van der Waals surface area (Å²) in [5.74, 6) is -0.339. The summed E-state index contributed by atoms with van der Waals surface area (Å²) < 4.78 is 11.5. The highest BCUT2D eigenvalue weighted by molar-refractivity contribution is 5.75. The van der Waals surface area contributed by atoms with Crippen LogP contribution in [0.5, 0.6) is 0 Å². The number of aliphatic hydroxyl groups excluding tert-OH is 1. The number of ether oxygens (including phenoxy) is 2. The molecular weight excluding hydrogens is 256 g/mol. The van der Waals surface area contributed by atoms with Crippen molar-refractivity contribution < 1.29 is 14.6 Å². The molecule has 1 saturated carbocycles. The second-order valence-corrected chi connectivity index (χ2v) is 5.78. The number of anilines is 2. The van der Waals surface area contributed by atoms with E-state index in [-0.39, 0.29) is 5.79 Å². The largest absolute Gasteiger partial charge is 0.356 e. The molecule has 0 bridgehead atoms. The molecule has 108 valence electrons. The van der Waals surface area contributed by atoms with Gasteiger partial charge in [-0.2, -0.15) is 0 Å². The lowest BCUT2D eigenvalue weighted by Crippen LogP contribution is -2.48. The fourth-order valence-corrected chi connectivity index (χ4v) is 3.66. The molecule has 1 aliphatic carbocycles. The van der Waals surface area contributed by atoms with Crippen molar-refractivity contribution in [3.8, 4) is 0 Å². The van der Waals surface area contributed by atoms with Crippen LogP contribution in [0.25, 0.3) is 0 Å². The third kappa shape index (κ3) is 1.89. The van der Waals surface area contributed by atoms with Gasteiger partial charge in [0.1, 0.15) is 0 Å². The van der Waals surface area contributed by atoms with E-state index in [1.807, 2.05) is 18.2 Å². The molecule has 1 unspecified atom stereocenters. The topological polar surface area (TPSA) is 54.0 Å². The molecule has 3 aliphatic rings. The minimum Gasteiger partial charge on any atom is -0.356 e. The van der Waals surface area contributed by atoms with Gasteiger partial charge in [-0.25, -0.2) is 0 Å². The minimum atomic E-state index is -0.628. The Morgan fingerprint density at radius 3 is 2.60 bits per heavy atom. The van der Waals surface area contributed by atoms with E-state index in [0.717, 1.165) is 37.1 Å². The van der Waals surface area contributed by atoms with Gasteiger partial charge in [0.15, 0.2) is 5.79 Å². The smallest absolute Gasteiger partial charge is 0.205 e. The molecule has 20 heavy (non-hydrogen) atoms. The highest BCUT2D eigenvalue weighted by Gasteiger charge is 2.43. The van der Waals surface area contributed by atoms with E-state index in [4.69, 9.17) is 9.47 Å². The van der Waals surface area contributed by atoms with Gasteiger partial charge in [0.05, 0.1) is 24.6 Å². The fraction of sp³-hybridized carbons (Fsp3) is 0.600. The van der Waals surface area contributed by atoms with Crippen molar-refractivity contribution in [3.63, 3.8) is 0 Å². The Labute approximate surface area is 118 Å². The maximum absolute atomic E-state index is 10.3. The van der Waals surface area contributed by atoms with Gasteiger partial charge in [-0.3, -0.25) is 0 Å². The normalized spacial score (nSPS) is 28.6. The van der Waals surface area contributed by atoms with Gasteiger partial charge in [0.2, 0.25) is 6.35 Å². The molecular formula is C15H20N2O3. The molecule has 5 heteroatoms. The second kappa shape index (κ2) is 4.62. The average molecular weight is 276 g/mol. The van der Waals surface area contributed by atoms with Crippen molar-refractivity contribution in [2.45, 2.75) is 43.9 Å². The molecule has 2 aliphatic heterocycles. The van der Waals surface area contributed by atoms with E-state index < -0.39 is 6.35 Å². The number of aliphatic hydroxyl groups is 1. The number of nitrogens with one attached hydrogen (secondary N) is 1. The lowest BCUT2D eigenvalue weighted by Gasteiger charge is -2.40. The van der Waals surface area contributed by atoms with Crippen LogP contribution < -0.4 is 10.2 Å². The van der Waals surface area contributed by atoms with Crippen LogP contribution in [0, 0.1) is 0 Å². The van der Waals surface area contributed by atoms with Crippen molar-refractivity contribution in [2.75, 3.05) is 23.4 Å². The Balaban J connectivity index is 1.52. The molecule has 1 spiro atoms. The van der Waals surface area contributed by atoms with Gasteiger partial charge in [-0.05, 0) is 25.0 Å². The van der Waals surface area contributed by atoms with Gasteiger partial charge >= 0.3 is 0 Å². The van der Waals surface area contributed by atoms with Gasteiger partial charge in [-0.15, -0.1) is 0 Å². The SMILES string of the molecule is OC1Nc2ccccc2N1C1CCC2(CC1)OCCO2. The Morgan fingerprint density at radius 1 is 1.15 bits per heavy atom. The van der Waals surface area contributed by atoms with Gasteiger partial charge < -0.3 is 24.8 Å². The summed E-state index contributed by atoms with van der Waals surface area (Å²) in [7, 11) is 0. The number of hydrogen-bond donors (Lipinski definition) is 2. The molecule has 2 fully saturated rings. The summed E-state index contributed by atoms with van der Waals surface area (Å²) in [6.07, 6.45) is 3.14. The second-order valence-electron chi connectivity index (χ2n) is 5.78. The Hall–Kier alpha value is -1.30. The van der Waals surface area contributed by atoms with Crippen LogP contribution in [0.2, 0.25) is 0 Å². The molecule has 0 aromatic heterocycles. The van der Waals surface area contributed by atoms with Crippen LogP contribution in [-0.2, 0) is 9.47 Å². The first kappa shape index (κ1) is 12.4. The first-order valence-corrected chi connectivity index (χ1v) is 7.37. The van der Waals surface area contributed by atoms with Crippen LogP contribution in [0.3, 0.4) is 0 Å². The molecule has 5 nitrogen and oxygen atoms in total. The van der Waals surface area contributed by atoms with Crippen molar-refractivity contribution in [1.82, 2.24) is 0 Å². The molecule has 1 aromatic carbocycles. The zero-order valence-electron chi connectivity index (χ0n) is 11.4. The molecule has 0 amide bonds. The predicted octanol–water partition coefficient (Wildman–Crippen LogP) is 1.88. The summed E-state index contributed by atoms with van der Waals surface area (Å²) in [4.78, 5) is 2.09. The Morgan fingerprint density at radius 2 is 1.85 bits per heavy atom. The lowest BCUT2D eigenvalue weighted by molar-refractivity contribution is -0.179. The average Bonchev–Trinajstić information content (AvgIpc) is 3.04. The minimum absolute atomic E-state index is 0.333. The maximum Gasteiger partial charge on any atom is 0.205 e. The Bertz CT molecular complexity index is 492.